The molecule has 4 N–H and O–H groups in total. The third kappa shape index (κ3) is 2.08. The lowest BCUT2D eigenvalue weighted by Gasteiger charge is -2.22. The van der Waals surface area contributed by atoms with E-state index in [1.54, 1.807) is 0 Å². The Labute approximate surface area is 110 Å². The maximum Gasteiger partial charge on any atom is 0.351 e. The van der Waals surface area contributed by atoms with E-state index in [0.29, 0.717) is 0 Å². The average molecular weight is 286 g/mol. The largest absolute Gasteiger partial charge is 0.393 e. The van der Waals surface area contributed by atoms with Gasteiger partial charge in [0.15, 0.2) is 12.4 Å². The molecule has 1 aromatic rings. The Morgan fingerprint density at radius 3 is 3.00 bits per heavy atom. The maximum atomic E-state index is 14.0. The third-order valence-corrected chi connectivity index (χ3v) is 2.91. The summed E-state index contributed by atoms with van der Waals surface area (Å²) in [6.45, 7) is -0.997. The van der Waals surface area contributed by atoms with Gasteiger partial charge in [-0.1, -0.05) is 5.11 Å². The molecular weight excluding hydrogens is 275 g/mol. The number of aliphatic hydroxyl groups excluding tert-OH is 2. The number of anilines is 1. The van der Waals surface area contributed by atoms with Crippen molar-refractivity contribution in [3.05, 3.63) is 33.2 Å². The van der Waals surface area contributed by atoms with Gasteiger partial charge in [-0.05, 0) is 11.6 Å². The van der Waals surface area contributed by atoms with Crippen LogP contribution in [0.25, 0.3) is 10.4 Å². The van der Waals surface area contributed by atoms with Gasteiger partial charge in [0.05, 0.1) is 6.61 Å². The number of rotatable bonds is 3. The lowest BCUT2D eigenvalue weighted by atomic mass is 10.1. The fraction of sp³-hybridized carbons (Fsp3) is 0.556. The van der Waals surface area contributed by atoms with Crippen LogP contribution in [0, 0.1) is 0 Å². The van der Waals surface area contributed by atoms with E-state index in [1.165, 1.54) is 6.07 Å². The van der Waals surface area contributed by atoms with Gasteiger partial charge in [0, 0.05) is 11.1 Å². The molecule has 20 heavy (non-hydrogen) atoms. The molecule has 2 heterocycles. The number of hydrogen-bond donors (Lipinski definition) is 3. The van der Waals surface area contributed by atoms with Crippen LogP contribution in [-0.4, -0.2) is 44.4 Å². The molecule has 0 saturated carbocycles. The lowest BCUT2D eigenvalue weighted by Crippen LogP contribution is -2.41. The molecular formula is C9H11FN6O4. The second-order valence-electron chi connectivity index (χ2n) is 4.14. The van der Waals surface area contributed by atoms with Crippen molar-refractivity contribution in [2.45, 2.75) is 24.2 Å². The van der Waals surface area contributed by atoms with Crippen LogP contribution in [0.4, 0.5) is 10.2 Å². The van der Waals surface area contributed by atoms with Crippen molar-refractivity contribution in [3.8, 4) is 0 Å². The number of nitrogen functional groups attached to an aromatic ring is 1. The van der Waals surface area contributed by atoms with E-state index in [4.69, 9.17) is 21.1 Å². The summed E-state index contributed by atoms with van der Waals surface area (Å²) >= 11 is 0. The van der Waals surface area contributed by atoms with Gasteiger partial charge in [0.25, 0.3) is 0 Å². The van der Waals surface area contributed by atoms with Crippen LogP contribution in [-0.2, 0) is 4.74 Å². The normalized spacial score (nSPS) is 32.9. The quantitative estimate of drug-likeness (QED) is 0.369. The van der Waals surface area contributed by atoms with Crippen LogP contribution in [0.2, 0.25) is 0 Å². The van der Waals surface area contributed by atoms with Gasteiger partial charge in [-0.25, -0.2) is 9.18 Å². The van der Waals surface area contributed by atoms with Crippen LogP contribution >= 0.6 is 0 Å². The van der Waals surface area contributed by atoms with Crippen LogP contribution < -0.4 is 11.4 Å². The predicted molar refractivity (Wildman–Crippen MR) is 62.9 cm³/mol. The summed E-state index contributed by atoms with van der Waals surface area (Å²) in [7, 11) is 0. The zero-order valence-electron chi connectivity index (χ0n) is 10.00. The Bertz CT molecular complexity index is 617. The standard InChI is InChI=1S/C9H11FN6O4/c10-6-5(18)7(20-9(6,3-17)14-15-12)16-2-1-4(11)13-8(16)19/h1-2,5-7,17-18H,3H2,(H2,11,13,19)/t5?,6?,7-,9-/m1/s1. The number of ether oxygens (including phenoxy) is 1. The van der Waals surface area contributed by atoms with Gasteiger partial charge >= 0.3 is 5.69 Å². The molecule has 108 valence electrons. The number of nitrogens with zero attached hydrogens (tertiary/aromatic N) is 5. The molecule has 0 spiro atoms. The molecule has 0 aliphatic carbocycles. The smallest absolute Gasteiger partial charge is 0.351 e. The Balaban J connectivity index is 2.45. The average Bonchev–Trinajstić information content (AvgIpc) is 2.65. The number of aromatic nitrogens is 2. The zero-order chi connectivity index (χ0) is 14.9. The Hall–Kier alpha value is -2.20. The Morgan fingerprint density at radius 1 is 1.75 bits per heavy atom. The van der Waals surface area contributed by atoms with E-state index in [-0.39, 0.29) is 5.82 Å². The molecule has 4 atom stereocenters. The van der Waals surface area contributed by atoms with Gasteiger partial charge in [-0.15, -0.1) is 0 Å². The summed E-state index contributed by atoms with van der Waals surface area (Å²) in [5.74, 6) is -0.0565. The highest BCUT2D eigenvalue weighted by Gasteiger charge is 2.56. The molecule has 1 aromatic heterocycles. The van der Waals surface area contributed by atoms with E-state index in [1.807, 2.05) is 0 Å². The summed E-state index contributed by atoms with van der Waals surface area (Å²) in [6, 6.07) is 1.25. The summed E-state index contributed by atoms with van der Waals surface area (Å²) in [5.41, 5.74) is 10.5. The highest BCUT2D eigenvalue weighted by molar-refractivity contribution is 5.23. The summed E-state index contributed by atoms with van der Waals surface area (Å²) in [6.07, 6.45) is -4.38. The minimum absolute atomic E-state index is 0.0565. The van der Waals surface area contributed by atoms with Crippen molar-refractivity contribution in [2.75, 3.05) is 12.3 Å². The first-order valence-corrected chi connectivity index (χ1v) is 5.47. The molecule has 1 saturated heterocycles. The fourth-order valence-electron chi connectivity index (χ4n) is 1.91. The van der Waals surface area contributed by atoms with Crippen molar-refractivity contribution in [3.63, 3.8) is 0 Å². The molecule has 0 bridgehead atoms. The van der Waals surface area contributed by atoms with E-state index in [2.05, 4.69) is 15.0 Å². The monoisotopic (exact) mass is 286 g/mol. The van der Waals surface area contributed by atoms with Crippen LogP contribution in [0.5, 0.6) is 0 Å². The van der Waals surface area contributed by atoms with Gasteiger partial charge < -0.3 is 20.7 Å². The topological polar surface area (TPSA) is 159 Å². The zero-order valence-corrected chi connectivity index (χ0v) is 10.00. The van der Waals surface area contributed by atoms with Crippen LogP contribution in [0.3, 0.4) is 0 Å². The Kier molecular flexibility index (Phi) is 3.59. The first kappa shape index (κ1) is 14.2. The number of nitrogens with two attached hydrogens (primary N) is 1. The summed E-state index contributed by atoms with van der Waals surface area (Å²) in [4.78, 5) is 17.4. The van der Waals surface area contributed by atoms with Crippen molar-refractivity contribution in [1.29, 1.82) is 0 Å². The van der Waals surface area contributed by atoms with E-state index in [0.717, 1.165) is 10.8 Å². The number of aliphatic hydroxyl groups is 2. The van der Waals surface area contributed by atoms with E-state index in [9.17, 15) is 14.3 Å². The molecule has 0 radical (unpaired) electrons. The molecule has 11 heteroatoms. The van der Waals surface area contributed by atoms with E-state index < -0.39 is 36.5 Å². The van der Waals surface area contributed by atoms with Crippen LogP contribution in [0.1, 0.15) is 6.23 Å². The van der Waals surface area contributed by atoms with Crippen molar-refractivity contribution < 1.29 is 19.3 Å². The number of alkyl halides is 1. The fourth-order valence-corrected chi connectivity index (χ4v) is 1.91. The van der Waals surface area contributed by atoms with Gasteiger partial charge in [-0.2, -0.15) is 4.98 Å². The van der Waals surface area contributed by atoms with Crippen molar-refractivity contribution >= 4 is 5.82 Å². The predicted octanol–water partition coefficient (Wildman–Crippen LogP) is -0.948. The van der Waals surface area contributed by atoms with Gasteiger partial charge in [-0.3, -0.25) is 4.57 Å². The molecule has 0 amide bonds. The first-order valence-electron chi connectivity index (χ1n) is 5.47. The molecule has 10 nitrogen and oxygen atoms in total. The van der Waals surface area contributed by atoms with Crippen molar-refractivity contribution in [1.82, 2.24) is 9.55 Å². The van der Waals surface area contributed by atoms with Crippen LogP contribution in [0.15, 0.2) is 22.2 Å². The van der Waals surface area contributed by atoms with E-state index >= 15 is 0 Å². The summed E-state index contributed by atoms with van der Waals surface area (Å²) < 4.78 is 19.9. The minimum atomic E-state index is -2.29. The lowest BCUT2D eigenvalue weighted by molar-refractivity contribution is -0.116. The third-order valence-electron chi connectivity index (χ3n) is 2.91. The summed E-state index contributed by atoms with van der Waals surface area (Å²) in [5, 5.41) is 22.0. The highest BCUT2D eigenvalue weighted by Crippen LogP contribution is 2.39. The molecule has 1 aliphatic rings. The first-order chi connectivity index (χ1) is 9.45. The minimum Gasteiger partial charge on any atom is -0.393 e. The number of azide groups is 1. The molecule has 1 aliphatic heterocycles. The Morgan fingerprint density at radius 2 is 2.45 bits per heavy atom. The highest BCUT2D eigenvalue weighted by atomic mass is 19.1. The maximum absolute atomic E-state index is 14.0. The van der Waals surface area contributed by atoms with Gasteiger partial charge in [0.1, 0.15) is 11.9 Å². The SMILES string of the molecule is [N-]=[N+]=N[C@]1(CO)O[C@@H](n2ccc(N)nc2=O)C(O)C1F. The number of halogens is 1. The van der Waals surface area contributed by atoms with Crippen molar-refractivity contribution in [2.24, 2.45) is 5.11 Å². The second-order valence-corrected chi connectivity index (χ2v) is 4.14. The molecule has 1 fully saturated rings. The molecule has 2 rings (SSSR count). The molecule has 2 unspecified atom stereocenters. The number of hydrogen-bond acceptors (Lipinski definition) is 7. The molecule has 0 aromatic carbocycles. The second kappa shape index (κ2) is 5.06. The van der Waals surface area contributed by atoms with Gasteiger partial charge in [0.2, 0.25) is 5.72 Å².